The molecule has 1 fully saturated rings. The normalized spacial score (nSPS) is 16.2. The van der Waals surface area contributed by atoms with E-state index in [9.17, 15) is 17.6 Å². The second-order valence-corrected chi connectivity index (χ2v) is 10.5. The van der Waals surface area contributed by atoms with Crippen molar-refractivity contribution in [2.45, 2.75) is 38.1 Å². The molecule has 1 aliphatic heterocycles. The van der Waals surface area contributed by atoms with Crippen LogP contribution < -0.4 is 5.63 Å². The summed E-state index contributed by atoms with van der Waals surface area (Å²) in [5.74, 6) is -0.230. The van der Waals surface area contributed by atoms with Gasteiger partial charge in [0.1, 0.15) is 11.4 Å². The van der Waals surface area contributed by atoms with E-state index in [1.54, 1.807) is 0 Å². The number of sulfonamides is 1. The quantitative estimate of drug-likeness (QED) is 0.543. The largest absolute Gasteiger partial charge is 0.423 e. The average molecular weight is 459 g/mol. The van der Waals surface area contributed by atoms with Crippen LogP contribution in [0.4, 0.5) is 4.39 Å². The van der Waals surface area contributed by atoms with Gasteiger partial charge in [0, 0.05) is 44.2 Å². The summed E-state index contributed by atoms with van der Waals surface area (Å²) in [7, 11) is -3.74. The van der Waals surface area contributed by atoms with Crippen molar-refractivity contribution >= 4 is 21.0 Å². The maximum Gasteiger partial charge on any atom is 0.336 e. The Labute approximate surface area is 187 Å². The predicted octanol–water partition coefficient (Wildman–Crippen LogP) is 3.87. The third-order valence-corrected chi connectivity index (χ3v) is 7.89. The van der Waals surface area contributed by atoms with Crippen LogP contribution in [0.3, 0.4) is 0 Å². The zero-order chi connectivity index (χ0) is 23.0. The first kappa shape index (κ1) is 22.6. The number of piperazine rings is 1. The number of nitrogens with zero attached hydrogens (tertiary/aromatic N) is 2. The lowest BCUT2D eigenvalue weighted by Crippen LogP contribution is -2.48. The van der Waals surface area contributed by atoms with Gasteiger partial charge in [0.25, 0.3) is 0 Å². The van der Waals surface area contributed by atoms with E-state index in [1.165, 1.54) is 34.1 Å². The van der Waals surface area contributed by atoms with Gasteiger partial charge in [0.05, 0.1) is 4.90 Å². The van der Waals surface area contributed by atoms with Crippen LogP contribution in [-0.2, 0) is 16.6 Å². The Hall–Kier alpha value is -2.55. The number of rotatable bonds is 5. The Morgan fingerprint density at radius 1 is 1.06 bits per heavy atom. The van der Waals surface area contributed by atoms with Crippen LogP contribution in [0.1, 0.15) is 36.5 Å². The summed E-state index contributed by atoms with van der Waals surface area (Å²) in [5.41, 5.74) is 3.35. The Balaban J connectivity index is 1.54. The lowest BCUT2D eigenvalue weighted by atomic mass is 9.95. The fraction of sp³-hybridized carbons (Fsp3) is 0.375. The molecule has 2 heterocycles. The molecule has 8 heteroatoms. The second kappa shape index (κ2) is 8.77. The van der Waals surface area contributed by atoms with Crippen molar-refractivity contribution in [1.29, 1.82) is 0 Å². The fourth-order valence-electron chi connectivity index (χ4n) is 4.29. The summed E-state index contributed by atoms with van der Waals surface area (Å²) < 4.78 is 46.0. The molecule has 6 nitrogen and oxygen atoms in total. The molecular formula is C24H27FN2O4S. The molecule has 0 unspecified atom stereocenters. The minimum atomic E-state index is -3.74. The van der Waals surface area contributed by atoms with Crippen molar-refractivity contribution < 1.29 is 17.2 Å². The van der Waals surface area contributed by atoms with E-state index < -0.39 is 21.5 Å². The van der Waals surface area contributed by atoms with Crippen LogP contribution in [0.15, 0.2) is 56.6 Å². The number of hydrogen-bond acceptors (Lipinski definition) is 5. The van der Waals surface area contributed by atoms with Crippen molar-refractivity contribution in [2.75, 3.05) is 26.2 Å². The number of fused-ring (bicyclic) bond motifs is 1. The Bertz CT molecular complexity index is 1310. The molecule has 4 rings (SSSR count). The van der Waals surface area contributed by atoms with Crippen molar-refractivity contribution in [3.05, 3.63) is 75.4 Å². The van der Waals surface area contributed by atoms with Gasteiger partial charge in [-0.25, -0.2) is 17.6 Å². The Morgan fingerprint density at radius 3 is 2.44 bits per heavy atom. The van der Waals surface area contributed by atoms with Gasteiger partial charge in [-0.15, -0.1) is 0 Å². The highest BCUT2D eigenvalue weighted by atomic mass is 32.2. The monoisotopic (exact) mass is 458 g/mol. The van der Waals surface area contributed by atoms with E-state index in [0.29, 0.717) is 44.2 Å². The first-order valence-corrected chi connectivity index (χ1v) is 12.1. The lowest BCUT2D eigenvalue weighted by molar-refractivity contribution is 0.182. The highest BCUT2D eigenvalue weighted by molar-refractivity contribution is 7.89. The molecule has 0 saturated carbocycles. The molecule has 3 aromatic rings. The van der Waals surface area contributed by atoms with E-state index in [2.05, 4.69) is 24.8 Å². The molecule has 0 N–H and O–H groups in total. The minimum Gasteiger partial charge on any atom is -0.423 e. The fourth-order valence-corrected chi connectivity index (χ4v) is 5.74. The lowest BCUT2D eigenvalue weighted by Gasteiger charge is -2.34. The third-order valence-electron chi connectivity index (χ3n) is 6.00. The Morgan fingerprint density at radius 2 is 1.78 bits per heavy atom. The van der Waals surface area contributed by atoms with Crippen molar-refractivity contribution in [1.82, 2.24) is 9.21 Å². The summed E-state index contributed by atoms with van der Waals surface area (Å²) in [4.78, 5) is 14.2. The maximum absolute atomic E-state index is 13.5. The van der Waals surface area contributed by atoms with Gasteiger partial charge < -0.3 is 4.42 Å². The van der Waals surface area contributed by atoms with Crippen LogP contribution in [0.2, 0.25) is 0 Å². The molecule has 0 radical (unpaired) electrons. The zero-order valence-corrected chi connectivity index (χ0v) is 19.3. The summed E-state index contributed by atoms with van der Waals surface area (Å²) >= 11 is 0. The van der Waals surface area contributed by atoms with E-state index in [0.717, 1.165) is 22.6 Å². The number of hydrogen-bond donors (Lipinski definition) is 0. The van der Waals surface area contributed by atoms with Crippen molar-refractivity contribution in [3.8, 4) is 0 Å². The molecule has 0 aliphatic carbocycles. The molecule has 0 amide bonds. The van der Waals surface area contributed by atoms with Gasteiger partial charge >= 0.3 is 5.63 Å². The molecule has 1 saturated heterocycles. The smallest absolute Gasteiger partial charge is 0.336 e. The van der Waals surface area contributed by atoms with Crippen LogP contribution in [-0.4, -0.2) is 43.8 Å². The molecule has 0 spiro atoms. The summed E-state index contributed by atoms with van der Waals surface area (Å²) in [6.07, 6.45) is 0. The van der Waals surface area contributed by atoms with E-state index in [4.69, 9.17) is 4.42 Å². The van der Waals surface area contributed by atoms with Gasteiger partial charge in [-0.1, -0.05) is 19.9 Å². The SMILES string of the molecule is Cc1cc2oc(=O)cc(CN3CCN(S(=O)(=O)c4cccc(F)c4)CC3)c2cc1C(C)C. The summed E-state index contributed by atoms with van der Waals surface area (Å²) in [6.45, 7) is 8.42. The molecule has 1 aromatic heterocycles. The zero-order valence-electron chi connectivity index (χ0n) is 18.5. The number of benzene rings is 2. The highest BCUT2D eigenvalue weighted by Crippen LogP contribution is 2.28. The second-order valence-electron chi connectivity index (χ2n) is 8.59. The first-order valence-electron chi connectivity index (χ1n) is 10.7. The highest BCUT2D eigenvalue weighted by Gasteiger charge is 2.29. The van der Waals surface area contributed by atoms with Crippen LogP contribution in [0.5, 0.6) is 0 Å². The molecule has 1 aliphatic rings. The van der Waals surface area contributed by atoms with Crippen LogP contribution in [0, 0.1) is 12.7 Å². The van der Waals surface area contributed by atoms with Crippen molar-refractivity contribution in [3.63, 3.8) is 0 Å². The summed E-state index contributed by atoms with van der Waals surface area (Å²) in [6, 6.07) is 10.6. The molecule has 0 bridgehead atoms. The topological polar surface area (TPSA) is 70.8 Å². The third kappa shape index (κ3) is 4.48. The average Bonchev–Trinajstić information content (AvgIpc) is 2.73. The Kier molecular flexibility index (Phi) is 6.20. The van der Waals surface area contributed by atoms with Crippen LogP contribution in [0.25, 0.3) is 11.0 Å². The molecule has 2 aromatic carbocycles. The minimum absolute atomic E-state index is 0.0332. The molecule has 32 heavy (non-hydrogen) atoms. The number of halogens is 1. The molecular weight excluding hydrogens is 431 g/mol. The van der Waals surface area contributed by atoms with E-state index >= 15 is 0 Å². The van der Waals surface area contributed by atoms with Gasteiger partial charge in [0.2, 0.25) is 10.0 Å². The van der Waals surface area contributed by atoms with Gasteiger partial charge in [0.15, 0.2) is 0 Å². The van der Waals surface area contributed by atoms with E-state index in [-0.39, 0.29) is 4.90 Å². The van der Waals surface area contributed by atoms with Gasteiger partial charge in [-0.05, 0) is 59.9 Å². The molecule has 170 valence electrons. The van der Waals surface area contributed by atoms with Crippen LogP contribution >= 0.6 is 0 Å². The summed E-state index contributed by atoms with van der Waals surface area (Å²) in [5, 5.41) is 0.911. The molecule has 0 atom stereocenters. The van der Waals surface area contributed by atoms with Crippen molar-refractivity contribution in [2.24, 2.45) is 0 Å². The first-order chi connectivity index (χ1) is 15.1. The number of aryl methyl sites for hydroxylation is 1. The van der Waals surface area contributed by atoms with Gasteiger partial charge in [-0.3, -0.25) is 4.90 Å². The standard InChI is InChI=1S/C24H27FN2O4S/c1-16(2)21-14-22-18(12-24(28)31-23(22)11-17(21)3)15-26-7-9-27(10-8-26)32(29,30)20-6-4-5-19(25)13-20/h4-6,11-14,16H,7-10,15H2,1-3H3. The predicted molar refractivity (Wildman–Crippen MR) is 122 cm³/mol. The van der Waals surface area contributed by atoms with E-state index in [1.807, 2.05) is 13.0 Å². The maximum atomic E-state index is 13.5. The van der Waals surface area contributed by atoms with Gasteiger partial charge in [-0.2, -0.15) is 4.31 Å².